The Bertz CT molecular complexity index is 543. The predicted molar refractivity (Wildman–Crippen MR) is 80.8 cm³/mol. The normalized spacial score (nSPS) is 10.2. The van der Waals surface area contributed by atoms with Crippen LogP contribution in [0.15, 0.2) is 42.7 Å². The monoisotopic (exact) mass is 272 g/mol. The molecule has 20 heavy (non-hydrogen) atoms. The van der Waals surface area contributed by atoms with Gasteiger partial charge in [0.2, 0.25) is 0 Å². The molecule has 1 aromatic heterocycles. The largest absolute Gasteiger partial charge is 0.493 e. The maximum absolute atomic E-state index is 5.32. The van der Waals surface area contributed by atoms with Crippen molar-refractivity contribution in [2.75, 3.05) is 32.7 Å². The molecule has 0 unspecified atom stereocenters. The van der Waals surface area contributed by atoms with Gasteiger partial charge in [-0.15, -0.1) is 0 Å². The number of methoxy groups -OCH3 is 2. The fourth-order valence-electron chi connectivity index (χ4n) is 2.06. The number of nitrogens with zero attached hydrogens (tertiary/aromatic N) is 2. The van der Waals surface area contributed by atoms with E-state index in [1.807, 2.05) is 36.7 Å². The van der Waals surface area contributed by atoms with E-state index in [-0.39, 0.29) is 0 Å². The van der Waals surface area contributed by atoms with Gasteiger partial charge in [-0.05, 0) is 36.2 Å². The van der Waals surface area contributed by atoms with E-state index in [0.717, 1.165) is 24.5 Å². The van der Waals surface area contributed by atoms with Crippen LogP contribution in [0, 0.1) is 0 Å². The topological polar surface area (TPSA) is 34.6 Å². The maximum atomic E-state index is 5.32. The zero-order chi connectivity index (χ0) is 14.4. The Morgan fingerprint density at radius 2 is 1.70 bits per heavy atom. The molecule has 0 aliphatic heterocycles. The number of anilines is 1. The molecular weight excluding hydrogens is 252 g/mol. The average Bonchev–Trinajstić information content (AvgIpc) is 2.53. The van der Waals surface area contributed by atoms with E-state index in [1.54, 1.807) is 14.2 Å². The molecule has 0 amide bonds. The van der Waals surface area contributed by atoms with Gasteiger partial charge in [-0.3, -0.25) is 4.98 Å². The minimum Gasteiger partial charge on any atom is -0.493 e. The first-order valence-corrected chi connectivity index (χ1v) is 6.56. The second-order valence-electron chi connectivity index (χ2n) is 4.57. The minimum atomic E-state index is 0.763. The van der Waals surface area contributed by atoms with Crippen LogP contribution >= 0.6 is 0 Å². The molecule has 0 aliphatic rings. The van der Waals surface area contributed by atoms with Gasteiger partial charge >= 0.3 is 0 Å². The summed E-state index contributed by atoms with van der Waals surface area (Å²) in [6.07, 6.45) is 4.56. The Labute approximate surface area is 120 Å². The van der Waals surface area contributed by atoms with Crippen molar-refractivity contribution in [1.29, 1.82) is 0 Å². The molecule has 4 nitrogen and oxygen atoms in total. The van der Waals surface area contributed by atoms with Gasteiger partial charge in [0.1, 0.15) is 0 Å². The molecule has 0 atom stereocenters. The van der Waals surface area contributed by atoms with Crippen LogP contribution in [0.2, 0.25) is 0 Å². The highest BCUT2D eigenvalue weighted by atomic mass is 16.5. The number of rotatable bonds is 6. The molecule has 0 saturated carbocycles. The highest BCUT2D eigenvalue weighted by Crippen LogP contribution is 2.27. The molecule has 0 bridgehead atoms. The van der Waals surface area contributed by atoms with Crippen molar-refractivity contribution in [3.05, 3.63) is 48.3 Å². The van der Waals surface area contributed by atoms with Crippen LogP contribution in [0.25, 0.3) is 0 Å². The first-order valence-electron chi connectivity index (χ1n) is 6.56. The smallest absolute Gasteiger partial charge is 0.160 e. The minimum absolute atomic E-state index is 0.763. The van der Waals surface area contributed by atoms with Gasteiger partial charge in [0, 0.05) is 31.7 Å². The summed E-state index contributed by atoms with van der Waals surface area (Å²) in [7, 11) is 5.38. The van der Waals surface area contributed by atoms with Crippen LogP contribution in [0.4, 0.5) is 5.69 Å². The van der Waals surface area contributed by atoms with Crippen LogP contribution in [0.3, 0.4) is 0 Å². The number of benzene rings is 1. The van der Waals surface area contributed by atoms with Crippen LogP contribution in [-0.4, -0.2) is 32.8 Å². The molecular formula is C16H20N2O2. The Kier molecular flexibility index (Phi) is 4.82. The lowest BCUT2D eigenvalue weighted by molar-refractivity contribution is 0.354. The van der Waals surface area contributed by atoms with E-state index in [0.29, 0.717) is 0 Å². The average molecular weight is 272 g/mol. The number of ether oxygens (including phenoxy) is 2. The summed E-state index contributed by atoms with van der Waals surface area (Å²) in [6.45, 7) is 0.930. The number of hydrogen-bond donors (Lipinski definition) is 0. The van der Waals surface area contributed by atoms with Crippen molar-refractivity contribution in [2.45, 2.75) is 6.42 Å². The zero-order valence-electron chi connectivity index (χ0n) is 12.2. The molecule has 0 spiro atoms. The summed E-state index contributed by atoms with van der Waals surface area (Å²) in [5, 5.41) is 0. The molecule has 0 saturated heterocycles. The number of pyridine rings is 1. The van der Waals surface area contributed by atoms with Crippen molar-refractivity contribution in [2.24, 2.45) is 0 Å². The summed E-state index contributed by atoms with van der Waals surface area (Å²) in [4.78, 5) is 6.24. The first kappa shape index (κ1) is 14.2. The van der Waals surface area contributed by atoms with Crippen LogP contribution in [0.5, 0.6) is 11.5 Å². The SMILES string of the molecule is COc1ccc(CCN(C)c2ccncc2)cc1OC. The molecule has 106 valence electrons. The summed E-state index contributed by atoms with van der Waals surface area (Å²) in [5.74, 6) is 1.54. The van der Waals surface area contributed by atoms with Crippen molar-refractivity contribution in [3.8, 4) is 11.5 Å². The van der Waals surface area contributed by atoms with Gasteiger partial charge in [0.25, 0.3) is 0 Å². The third-order valence-corrected chi connectivity index (χ3v) is 3.29. The Hall–Kier alpha value is -2.23. The summed E-state index contributed by atoms with van der Waals surface area (Å²) < 4.78 is 10.6. The third kappa shape index (κ3) is 3.41. The molecule has 0 N–H and O–H groups in total. The Morgan fingerprint density at radius 1 is 1.00 bits per heavy atom. The van der Waals surface area contributed by atoms with Gasteiger partial charge in [-0.25, -0.2) is 0 Å². The molecule has 2 rings (SSSR count). The van der Waals surface area contributed by atoms with Gasteiger partial charge < -0.3 is 14.4 Å². The molecule has 0 radical (unpaired) electrons. The fourth-order valence-corrected chi connectivity index (χ4v) is 2.06. The van der Waals surface area contributed by atoms with Crippen LogP contribution in [0.1, 0.15) is 5.56 Å². The standard InChI is InChI=1S/C16H20N2O2/c1-18(14-6-9-17-10-7-14)11-8-13-4-5-15(19-2)16(12-13)20-3/h4-7,9-10,12H,8,11H2,1-3H3. The van der Waals surface area contributed by atoms with Gasteiger partial charge in [-0.1, -0.05) is 6.07 Å². The van der Waals surface area contributed by atoms with E-state index in [4.69, 9.17) is 9.47 Å². The van der Waals surface area contributed by atoms with Crippen molar-refractivity contribution in [1.82, 2.24) is 4.98 Å². The number of hydrogen-bond acceptors (Lipinski definition) is 4. The van der Waals surface area contributed by atoms with Gasteiger partial charge in [-0.2, -0.15) is 0 Å². The van der Waals surface area contributed by atoms with Gasteiger partial charge in [0.05, 0.1) is 14.2 Å². The second-order valence-corrected chi connectivity index (χ2v) is 4.57. The molecule has 0 fully saturated rings. The number of aromatic nitrogens is 1. The van der Waals surface area contributed by atoms with E-state index in [2.05, 4.69) is 23.0 Å². The highest BCUT2D eigenvalue weighted by molar-refractivity contribution is 5.45. The van der Waals surface area contributed by atoms with Crippen molar-refractivity contribution in [3.63, 3.8) is 0 Å². The summed E-state index contributed by atoms with van der Waals surface area (Å²) in [6, 6.07) is 10.1. The third-order valence-electron chi connectivity index (χ3n) is 3.29. The molecule has 4 heteroatoms. The lowest BCUT2D eigenvalue weighted by atomic mass is 10.1. The maximum Gasteiger partial charge on any atom is 0.160 e. The lowest BCUT2D eigenvalue weighted by Gasteiger charge is -2.19. The van der Waals surface area contributed by atoms with E-state index < -0.39 is 0 Å². The quantitative estimate of drug-likeness (QED) is 0.810. The molecule has 1 heterocycles. The van der Waals surface area contributed by atoms with Crippen molar-refractivity contribution < 1.29 is 9.47 Å². The number of likely N-dealkylation sites (N-methyl/N-ethyl adjacent to an activating group) is 1. The highest BCUT2D eigenvalue weighted by Gasteiger charge is 2.06. The summed E-state index contributed by atoms with van der Waals surface area (Å²) >= 11 is 0. The molecule has 1 aromatic carbocycles. The van der Waals surface area contributed by atoms with E-state index in [9.17, 15) is 0 Å². The molecule has 0 aliphatic carbocycles. The van der Waals surface area contributed by atoms with Crippen LogP contribution in [-0.2, 0) is 6.42 Å². The van der Waals surface area contributed by atoms with E-state index in [1.165, 1.54) is 11.3 Å². The van der Waals surface area contributed by atoms with E-state index >= 15 is 0 Å². The predicted octanol–water partition coefficient (Wildman–Crippen LogP) is 2.78. The van der Waals surface area contributed by atoms with Crippen molar-refractivity contribution >= 4 is 5.69 Å². The van der Waals surface area contributed by atoms with Crippen LogP contribution < -0.4 is 14.4 Å². The Balaban J connectivity index is 2.00. The second kappa shape index (κ2) is 6.80. The van der Waals surface area contributed by atoms with Gasteiger partial charge in [0.15, 0.2) is 11.5 Å². The fraction of sp³-hybridized carbons (Fsp3) is 0.312. The first-order chi connectivity index (χ1) is 9.74. The lowest BCUT2D eigenvalue weighted by Crippen LogP contribution is -2.20. The summed E-state index contributed by atoms with van der Waals surface area (Å²) in [5.41, 5.74) is 2.39. The Morgan fingerprint density at radius 3 is 2.35 bits per heavy atom. The molecule has 2 aromatic rings. The zero-order valence-corrected chi connectivity index (χ0v) is 12.2.